The number of pyridine rings is 1. The molecule has 31 heavy (non-hydrogen) atoms. The third kappa shape index (κ3) is 3.76. The highest BCUT2D eigenvalue weighted by Crippen LogP contribution is 2.28. The SMILES string of the molecule is CN(Cc1cccc(C(F)F)c1F)c1ncnc2c1cc(-c1ccccc1)c(=O)n2C. The standard InChI is InChI=1S/C23H19F3N4O/c1-29(12-15-9-6-10-16(19(15)24)20(25)26)21-18-11-17(14-7-4-3-5-8-14)23(31)30(2)22(18)28-13-27-21/h3-11,13,20H,12H2,1-2H3. The largest absolute Gasteiger partial charge is 0.355 e. The highest BCUT2D eigenvalue weighted by atomic mass is 19.3. The van der Waals surface area contributed by atoms with Gasteiger partial charge in [0.05, 0.1) is 10.9 Å². The molecule has 0 amide bonds. The van der Waals surface area contributed by atoms with Crippen molar-refractivity contribution in [1.29, 1.82) is 0 Å². The van der Waals surface area contributed by atoms with Crippen molar-refractivity contribution in [3.05, 3.63) is 88.2 Å². The monoisotopic (exact) mass is 424 g/mol. The summed E-state index contributed by atoms with van der Waals surface area (Å²) in [4.78, 5) is 23.1. The van der Waals surface area contributed by atoms with Crippen LogP contribution in [-0.2, 0) is 13.6 Å². The Morgan fingerprint density at radius 3 is 2.52 bits per heavy atom. The Kier molecular flexibility index (Phi) is 5.46. The van der Waals surface area contributed by atoms with E-state index in [0.29, 0.717) is 22.4 Å². The van der Waals surface area contributed by atoms with E-state index in [9.17, 15) is 18.0 Å². The molecule has 5 nitrogen and oxygen atoms in total. The molecule has 158 valence electrons. The summed E-state index contributed by atoms with van der Waals surface area (Å²) < 4.78 is 42.1. The van der Waals surface area contributed by atoms with Gasteiger partial charge in [-0.3, -0.25) is 9.36 Å². The Balaban J connectivity index is 1.82. The molecular formula is C23H19F3N4O. The van der Waals surface area contributed by atoms with Crippen LogP contribution in [0.25, 0.3) is 22.2 Å². The maximum absolute atomic E-state index is 14.5. The molecule has 0 saturated carbocycles. The minimum atomic E-state index is -2.90. The summed E-state index contributed by atoms with van der Waals surface area (Å²) in [6.45, 7) is 0.0159. The first kappa shape index (κ1) is 20.6. The molecule has 0 fully saturated rings. The van der Waals surface area contributed by atoms with Crippen molar-refractivity contribution in [2.75, 3.05) is 11.9 Å². The second-order valence-electron chi connectivity index (χ2n) is 7.20. The summed E-state index contributed by atoms with van der Waals surface area (Å²) >= 11 is 0. The predicted octanol–water partition coefficient (Wildman–Crippen LogP) is 4.71. The van der Waals surface area contributed by atoms with Gasteiger partial charge in [0.15, 0.2) is 0 Å². The lowest BCUT2D eigenvalue weighted by atomic mass is 10.1. The number of aromatic nitrogens is 3. The second kappa shape index (κ2) is 8.22. The number of anilines is 1. The summed E-state index contributed by atoms with van der Waals surface area (Å²) in [7, 11) is 3.31. The molecule has 2 aromatic heterocycles. The van der Waals surface area contributed by atoms with E-state index in [0.717, 1.165) is 11.6 Å². The third-order valence-corrected chi connectivity index (χ3v) is 5.18. The Morgan fingerprint density at radius 1 is 1.06 bits per heavy atom. The highest BCUT2D eigenvalue weighted by Gasteiger charge is 2.19. The minimum absolute atomic E-state index is 0.0159. The summed E-state index contributed by atoms with van der Waals surface area (Å²) in [5.74, 6) is -0.472. The van der Waals surface area contributed by atoms with E-state index in [1.165, 1.54) is 23.0 Å². The lowest BCUT2D eigenvalue weighted by Gasteiger charge is -2.21. The summed E-state index contributed by atoms with van der Waals surface area (Å²) in [6, 6.07) is 14.9. The molecule has 0 aliphatic carbocycles. The molecule has 8 heteroatoms. The first-order valence-electron chi connectivity index (χ1n) is 9.55. The zero-order valence-corrected chi connectivity index (χ0v) is 16.9. The van der Waals surface area contributed by atoms with Gasteiger partial charge in [0.1, 0.15) is 23.6 Å². The van der Waals surface area contributed by atoms with E-state index < -0.39 is 17.8 Å². The van der Waals surface area contributed by atoms with E-state index in [1.807, 2.05) is 30.3 Å². The molecule has 0 aliphatic heterocycles. The van der Waals surface area contributed by atoms with E-state index in [4.69, 9.17) is 0 Å². The summed E-state index contributed by atoms with van der Waals surface area (Å²) in [5.41, 5.74) is 0.932. The molecule has 2 heterocycles. The van der Waals surface area contributed by atoms with Gasteiger partial charge in [-0.15, -0.1) is 0 Å². The third-order valence-electron chi connectivity index (χ3n) is 5.18. The Bertz CT molecular complexity index is 1310. The van der Waals surface area contributed by atoms with Gasteiger partial charge >= 0.3 is 0 Å². The predicted molar refractivity (Wildman–Crippen MR) is 114 cm³/mol. The van der Waals surface area contributed by atoms with Crippen LogP contribution in [0.1, 0.15) is 17.6 Å². The number of nitrogens with zero attached hydrogens (tertiary/aromatic N) is 4. The average Bonchev–Trinajstić information content (AvgIpc) is 2.77. The van der Waals surface area contributed by atoms with Crippen LogP contribution in [0.2, 0.25) is 0 Å². The van der Waals surface area contributed by atoms with Crippen LogP contribution in [0.3, 0.4) is 0 Å². The lowest BCUT2D eigenvalue weighted by Crippen LogP contribution is -2.23. The molecule has 0 radical (unpaired) electrons. The number of benzene rings is 2. The van der Waals surface area contributed by atoms with Gasteiger partial charge < -0.3 is 4.90 Å². The van der Waals surface area contributed by atoms with Crippen molar-refractivity contribution in [2.24, 2.45) is 7.05 Å². The fourth-order valence-corrected chi connectivity index (χ4v) is 3.61. The van der Waals surface area contributed by atoms with E-state index in [-0.39, 0.29) is 17.7 Å². The number of halogens is 3. The number of rotatable bonds is 5. The molecular weight excluding hydrogens is 405 g/mol. The van der Waals surface area contributed by atoms with Crippen molar-refractivity contribution in [1.82, 2.24) is 14.5 Å². The van der Waals surface area contributed by atoms with Crippen molar-refractivity contribution < 1.29 is 13.2 Å². The Morgan fingerprint density at radius 2 is 1.81 bits per heavy atom. The fraction of sp³-hybridized carbons (Fsp3) is 0.174. The first-order chi connectivity index (χ1) is 14.9. The molecule has 0 spiro atoms. The van der Waals surface area contributed by atoms with Crippen LogP contribution in [0.15, 0.2) is 65.7 Å². The Labute approximate surface area is 176 Å². The Hall–Kier alpha value is -3.68. The van der Waals surface area contributed by atoms with E-state index in [1.54, 1.807) is 25.1 Å². The molecule has 0 N–H and O–H groups in total. The van der Waals surface area contributed by atoms with Gasteiger partial charge in [0.2, 0.25) is 0 Å². The van der Waals surface area contributed by atoms with Gasteiger partial charge in [-0.25, -0.2) is 23.1 Å². The molecule has 4 aromatic rings. The minimum Gasteiger partial charge on any atom is -0.355 e. The van der Waals surface area contributed by atoms with Gasteiger partial charge in [-0.2, -0.15) is 0 Å². The van der Waals surface area contributed by atoms with Crippen LogP contribution in [0, 0.1) is 5.82 Å². The number of alkyl halides is 2. The highest BCUT2D eigenvalue weighted by molar-refractivity contribution is 5.90. The molecule has 0 bridgehead atoms. The van der Waals surface area contributed by atoms with Crippen molar-refractivity contribution in [3.8, 4) is 11.1 Å². The number of aryl methyl sites for hydroxylation is 1. The van der Waals surface area contributed by atoms with Crippen LogP contribution in [0.5, 0.6) is 0 Å². The molecule has 0 unspecified atom stereocenters. The van der Waals surface area contributed by atoms with Crippen molar-refractivity contribution in [2.45, 2.75) is 13.0 Å². The van der Waals surface area contributed by atoms with Crippen molar-refractivity contribution >= 4 is 16.9 Å². The van der Waals surface area contributed by atoms with Gasteiger partial charge in [0.25, 0.3) is 12.0 Å². The first-order valence-corrected chi connectivity index (χ1v) is 9.55. The fourth-order valence-electron chi connectivity index (χ4n) is 3.61. The number of fused-ring (bicyclic) bond motifs is 1. The maximum Gasteiger partial charge on any atom is 0.266 e. The van der Waals surface area contributed by atoms with Gasteiger partial charge in [-0.1, -0.05) is 48.5 Å². The molecule has 0 aliphatic rings. The second-order valence-corrected chi connectivity index (χ2v) is 7.20. The number of hydrogen-bond acceptors (Lipinski definition) is 4. The van der Waals surface area contributed by atoms with E-state index in [2.05, 4.69) is 9.97 Å². The van der Waals surface area contributed by atoms with Crippen LogP contribution in [0.4, 0.5) is 19.0 Å². The molecule has 4 rings (SSSR count). The van der Waals surface area contributed by atoms with Crippen molar-refractivity contribution in [3.63, 3.8) is 0 Å². The summed E-state index contributed by atoms with van der Waals surface area (Å²) in [5, 5.41) is 0.594. The zero-order chi connectivity index (χ0) is 22.1. The van der Waals surface area contributed by atoms with Crippen LogP contribution < -0.4 is 10.5 Å². The van der Waals surface area contributed by atoms with E-state index >= 15 is 0 Å². The van der Waals surface area contributed by atoms with Gasteiger partial charge in [0, 0.05) is 31.8 Å². The topological polar surface area (TPSA) is 51.0 Å². The summed E-state index contributed by atoms with van der Waals surface area (Å²) in [6.07, 6.45) is -1.57. The van der Waals surface area contributed by atoms with Crippen LogP contribution in [-0.4, -0.2) is 21.6 Å². The number of hydrogen-bond donors (Lipinski definition) is 0. The normalized spacial score (nSPS) is 11.3. The quantitative estimate of drug-likeness (QED) is 0.466. The van der Waals surface area contributed by atoms with Crippen LogP contribution >= 0.6 is 0 Å². The smallest absolute Gasteiger partial charge is 0.266 e. The lowest BCUT2D eigenvalue weighted by molar-refractivity contribution is 0.146. The molecule has 2 aromatic carbocycles. The molecule has 0 atom stereocenters. The average molecular weight is 424 g/mol. The molecule has 0 saturated heterocycles. The zero-order valence-electron chi connectivity index (χ0n) is 16.9. The maximum atomic E-state index is 14.5. The van der Waals surface area contributed by atoms with Gasteiger partial charge in [-0.05, 0) is 11.6 Å².